The minimum Gasteiger partial charge on any atom is -0.493 e. The van der Waals surface area contributed by atoms with Gasteiger partial charge in [0.1, 0.15) is 5.75 Å². The molecule has 5 nitrogen and oxygen atoms in total. The number of nitrogens with zero attached hydrogens (tertiary/aromatic N) is 2. The van der Waals surface area contributed by atoms with Crippen molar-refractivity contribution in [2.45, 2.75) is 6.42 Å². The van der Waals surface area contributed by atoms with Gasteiger partial charge in [0.2, 0.25) is 0 Å². The highest BCUT2D eigenvalue weighted by molar-refractivity contribution is 5.89. The number of aromatic nitrogens is 2. The van der Waals surface area contributed by atoms with Crippen LogP contribution in [0.4, 0.5) is 0 Å². The van der Waals surface area contributed by atoms with E-state index in [1.807, 2.05) is 54.7 Å². The first kappa shape index (κ1) is 15.8. The van der Waals surface area contributed by atoms with Gasteiger partial charge in [-0.25, -0.2) is 9.48 Å². The van der Waals surface area contributed by atoms with E-state index in [9.17, 15) is 4.79 Å². The molecule has 5 heteroatoms. The van der Waals surface area contributed by atoms with Gasteiger partial charge >= 0.3 is 5.97 Å². The Morgan fingerprint density at radius 2 is 1.75 bits per heavy atom. The summed E-state index contributed by atoms with van der Waals surface area (Å²) in [6.07, 6.45) is 4.20. The Bertz CT molecular complexity index is 753. The zero-order valence-corrected chi connectivity index (χ0v) is 13.2. The van der Waals surface area contributed by atoms with Gasteiger partial charge in [-0.1, -0.05) is 18.2 Å². The second-order valence-electron chi connectivity index (χ2n) is 5.15. The van der Waals surface area contributed by atoms with Crippen LogP contribution in [0.15, 0.2) is 73.1 Å². The summed E-state index contributed by atoms with van der Waals surface area (Å²) >= 11 is 0. The Hall–Kier alpha value is -3.08. The van der Waals surface area contributed by atoms with Gasteiger partial charge in [-0.2, -0.15) is 5.10 Å². The van der Waals surface area contributed by atoms with Crippen LogP contribution >= 0.6 is 0 Å². The van der Waals surface area contributed by atoms with E-state index in [1.165, 1.54) is 0 Å². The minimum atomic E-state index is -0.332. The third-order valence-electron chi connectivity index (χ3n) is 3.41. The van der Waals surface area contributed by atoms with E-state index in [0.717, 1.165) is 11.4 Å². The summed E-state index contributed by atoms with van der Waals surface area (Å²) < 4.78 is 12.5. The molecule has 3 rings (SSSR count). The number of carbonyl (C=O) groups is 1. The first-order valence-corrected chi connectivity index (χ1v) is 7.78. The molecule has 0 atom stereocenters. The Balaban J connectivity index is 1.42. The molecule has 0 N–H and O–H groups in total. The summed E-state index contributed by atoms with van der Waals surface area (Å²) in [5.41, 5.74) is 1.42. The van der Waals surface area contributed by atoms with E-state index in [4.69, 9.17) is 9.47 Å². The smallest absolute Gasteiger partial charge is 0.338 e. The van der Waals surface area contributed by atoms with Gasteiger partial charge in [0, 0.05) is 18.8 Å². The molecule has 0 fully saturated rings. The van der Waals surface area contributed by atoms with Crippen molar-refractivity contribution in [1.29, 1.82) is 0 Å². The van der Waals surface area contributed by atoms with Crippen molar-refractivity contribution in [3.63, 3.8) is 0 Å². The molecule has 24 heavy (non-hydrogen) atoms. The fourth-order valence-corrected chi connectivity index (χ4v) is 2.19. The predicted octanol–water partition coefficient (Wildman–Crippen LogP) is 3.50. The monoisotopic (exact) mass is 322 g/mol. The van der Waals surface area contributed by atoms with E-state index in [0.29, 0.717) is 25.2 Å². The van der Waals surface area contributed by atoms with Gasteiger partial charge in [-0.05, 0) is 42.5 Å². The summed E-state index contributed by atoms with van der Waals surface area (Å²) in [4.78, 5) is 12.0. The Morgan fingerprint density at radius 3 is 2.46 bits per heavy atom. The van der Waals surface area contributed by atoms with Crippen LogP contribution in [-0.2, 0) is 4.74 Å². The third kappa shape index (κ3) is 4.23. The lowest BCUT2D eigenvalue weighted by Crippen LogP contribution is -2.09. The maximum absolute atomic E-state index is 12.0. The predicted molar refractivity (Wildman–Crippen MR) is 90.4 cm³/mol. The van der Waals surface area contributed by atoms with Crippen LogP contribution in [-0.4, -0.2) is 29.0 Å². The molecule has 0 aliphatic carbocycles. The van der Waals surface area contributed by atoms with Crippen LogP contribution < -0.4 is 4.74 Å². The fraction of sp³-hybridized carbons (Fsp3) is 0.158. The summed E-state index contributed by atoms with van der Waals surface area (Å²) in [6, 6.07) is 18.6. The summed E-state index contributed by atoms with van der Waals surface area (Å²) in [5, 5.41) is 4.14. The molecule has 0 amide bonds. The second kappa shape index (κ2) is 7.97. The Labute approximate surface area is 140 Å². The van der Waals surface area contributed by atoms with Crippen molar-refractivity contribution in [3.8, 4) is 11.4 Å². The molecule has 0 saturated heterocycles. The van der Waals surface area contributed by atoms with Crippen LogP contribution in [0.1, 0.15) is 16.8 Å². The molecule has 0 spiro atoms. The molecular formula is C19H18N2O3. The standard InChI is InChI=1S/C19H18N2O3/c22-19(24-15-5-14-23-18-6-2-1-3-7-18)16-8-10-17(11-9-16)21-13-4-12-20-21/h1-4,6-13H,5,14-15H2. The average Bonchev–Trinajstić information content (AvgIpc) is 3.17. The highest BCUT2D eigenvalue weighted by Crippen LogP contribution is 2.10. The van der Waals surface area contributed by atoms with Gasteiger partial charge in [0.05, 0.1) is 24.5 Å². The van der Waals surface area contributed by atoms with E-state index in [2.05, 4.69) is 5.10 Å². The minimum absolute atomic E-state index is 0.326. The lowest BCUT2D eigenvalue weighted by molar-refractivity contribution is 0.0486. The first-order chi connectivity index (χ1) is 11.8. The third-order valence-corrected chi connectivity index (χ3v) is 3.41. The SMILES string of the molecule is O=C(OCCCOc1ccccc1)c1ccc(-n2cccn2)cc1. The molecular weight excluding hydrogens is 304 g/mol. The van der Waals surface area contributed by atoms with Crippen molar-refractivity contribution >= 4 is 5.97 Å². The van der Waals surface area contributed by atoms with Crippen molar-refractivity contribution < 1.29 is 14.3 Å². The van der Waals surface area contributed by atoms with E-state index >= 15 is 0 Å². The summed E-state index contributed by atoms with van der Waals surface area (Å²) in [5.74, 6) is 0.486. The molecule has 0 saturated carbocycles. The van der Waals surface area contributed by atoms with Crippen LogP contribution in [0.2, 0.25) is 0 Å². The Kier molecular flexibility index (Phi) is 5.24. The normalized spacial score (nSPS) is 10.3. The van der Waals surface area contributed by atoms with Gasteiger partial charge in [0.25, 0.3) is 0 Å². The quantitative estimate of drug-likeness (QED) is 0.493. The molecule has 2 aromatic carbocycles. The molecule has 1 heterocycles. The van der Waals surface area contributed by atoms with Crippen LogP contribution in [0.5, 0.6) is 5.75 Å². The second-order valence-corrected chi connectivity index (χ2v) is 5.15. The maximum atomic E-state index is 12.0. The number of rotatable bonds is 7. The molecule has 1 aromatic heterocycles. The molecule has 0 aliphatic rings. The zero-order valence-electron chi connectivity index (χ0n) is 13.2. The van der Waals surface area contributed by atoms with Gasteiger partial charge < -0.3 is 9.47 Å². The molecule has 122 valence electrons. The van der Waals surface area contributed by atoms with E-state index in [-0.39, 0.29) is 5.97 Å². The zero-order chi connectivity index (χ0) is 16.6. The topological polar surface area (TPSA) is 53.4 Å². The average molecular weight is 322 g/mol. The van der Waals surface area contributed by atoms with Crippen molar-refractivity contribution in [2.24, 2.45) is 0 Å². The van der Waals surface area contributed by atoms with Crippen molar-refractivity contribution in [2.75, 3.05) is 13.2 Å². The maximum Gasteiger partial charge on any atom is 0.338 e. The van der Waals surface area contributed by atoms with Crippen molar-refractivity contribution in [3.05, 3.63) is 78.6 Å². The molecule has 0 unspecified atom stereocenters. The number of hydrogen-bond acceptors (Lipinski definition) is 4. The first-order valence-electron chi connectivity index (χ1n) is 7.78. The number of carbonyl (C=O) groups excluding carboxylic acids is 1. The number of esters is 1. The highest BCUT2D eigenvalue weighted by Gasteiger charge is 2.07. The number of hydrogen-bond donors (Lipinski definition) is 0. The molecule has 0 bridgehead atoms. The molecule has 0 radical (unpaired) electrons. The number of para-hydroxylation sites is 1. The number of benzene rings is 2. The Morgan fingerprint density at radius 1 is 0.958 bits per heavy atom. The van der Waals surface area contributed by atoms with Crippen molar-refractivity contribution in [1.82, 2.24) is 9.78 Å². The highest BCUT2D eigenvalue weighted by atomic mass is 16.5. The van der Waals surface area contributed by atoms with Gasteiger partial charge in [0.15, 0.2) is 0 Å². The largest absolute Gasteiger partial charge is 0.493 e. The molecule has 0 aliphatic heterocycles. The molecule has 3 aromatic rings. The van der Waals surface area contributed by atoms with E-state index in [1.54, 1.807) is 23.0 Å². The summed E-state index contributed by atoms with van der Waals surface area (Å²) in [6.45, 7) is 0.835. The lowest BCUT2D eigenvalue weighted by Gasteiger charge is -2.07. The number of ether oxygens (including phenoxy) is 2. The van der Waals surface area contributed by atoms with Gasteiger partial charge in [-0.3, -0.25) is 0 Å². The van der Waals surface area contributed by atoms with Crippen LogP contribution in [0.3, 0.4) is 0 Å². The van der Waals surface area contributed by atoms with Crippen LogP contribution in [0, 0.1) is 0 Å². The van der Waals surface area contributed by atoms with Gasteiger partial charge in [-0.15, -0.1) is 0 Å². The fourth-order valence-electron chi connectivity index (χ4n) is 2.19. The van der Waals surface area contributed by atoms with Crippen LogP contribution in [0.25, 0.3) is 5.69 Å². The lowest BCUT2D eigenvalue weighted by atomic mass is 10.2. The summed E-state index contributed by atoms with van der Waals surface area (Å²) in [7, 11) is 0. The van der Waals surface area contributed by atoms with E-state index < -0.39 is 0 Å².